The summed E-state index contributed by atoms with van der Waals surface area (Å²) < 4.78 is 13.2. The third-order valence-electron chi connectivity index (χ3n) is 2.64. The first-order valence-corrected chi connectivity index (χ1v) is 7.32. The van der Waals surface area contributed by atoms with Gasteiger partial charge in [-0.3, -0.25) is 0 Å². The summed E-state index contributed by atoms with van der Waals surface area (Å²) in [5.41, 5.74) is 1.20. The second kappa shape index (κ2) is 8.12. The molecule has 0 aromatic heterocycles. The van der Waals surface area contributed by atoms with Gasteiger partial charge in [0.1, 0.15) is 5.82 Å². The van der Waals surface area contributed by atoms with E-state index in [1.807, 2.05) is 17.8 Å². The van der Waals surface area contributed by atoms with Gasteiger partial charge in [-0.1, -0.05) is 6.92 Å². The fraction of sp³-hybridized carbons (Fsp3) is 0.500. The van der Waals surface area contributed by atoms with Crippen LogP contribution in [-0.2, 0) is 6.54 Å². The molecule has 2 nitrogen and oxygen atoms in total. The van der Waals surface area contributed by atoms with Gasteiger partial charge < -0.3 is 5.32 Å². The Labute approximate surface area is 113 Å². The van der Waals surface area contributed by atoms with Crippen LogP contribution < -0.4 is 5.32 Å². The molecule has 0 heterocycles. The Morgan fingerprint density at radius 1 is 1.44 bits per heavy atom. The summed E-state index contributed by atoms with van der Waals surface area (Å²) in [6.07, 6.45) is 1.10. The third-order valence-corrected chi connectivity index (χ3v) is 3.57. The van der Waals surface area contributed by atoms with Crippen molar-refractivity contribution in [2.45, 2.75) is 32.9 Å². The van der Waals surface area contributed by atoms with E-state index >= 15 is 0 Å². The lowest BCUT2D eigenvalue weighted by Gasteiger charge is -2.13. The summed E-state index contributed by atoms with van der Waals surface area (Å²) in [5, 5.41) is 12.1. The quantitative estimate of drug-likeness (QED) is 0.769. The van der Waals surface area contributed by atoms with Gasteiger partial charge in [-0.25, -0.2) is 4.39 Å². The fourth-order valence-corrected chi connectivity index (χ4v) is 2.42. The molecule has 1 aromatic rings. The maximum absolute atomic E-state index is 13.2. The first-order valence-electron chi connectivity index (χ1n) is 6.16. The lowest BCUT2D eigenvalue weighted by Crippen LogP contribution is -2.26. The minimum Gasteiger partial charge on any atom is -0.310 e. The van der Waals surface area contributed by atoms with Gasteiger partial charge in [-0.15, -0.1) is 0 Å². The Morgan fingerprint density at radius 2 is 2.22 bits per heavy atom. The molecule has 1 N–H and O–H groups in total. The average molecular weight is 266 g/mol. The van der Waals surface area contributed by atoms with Crippen LogP contribution in [0.15, 0.2) is 18.2 Å². The zero-order valence-corrected chi connectivity index (χ0v) is 11.7. The average Bonchev–Trinajstić information content (AvgIpc) is 2.36. The number of benzene rings is 1. The number of hydrogen-bond donors (Lipinski definition) is 1. The van der Waals surface area contributed by atoms with Crippen molar-refractivity contribution in [3.8, 4) is 6.07 Å². The van der Waals surface area contributed by atoms with Gasteiger partial charge in [0.25, 0.3) is 0 Å². The van der Waals surface area contributed by atoms with E-state index in [2.05, 4.69) is 19.2 Å². The summed E-state index contributed by atoms with van der Waals surface area (Å²) in [7, 11) is 0. The predicted octanol–water partition coefficient (Wildman–Crippen LogP) is 3.32. The lowest BCUT2D eigenvalue weighted by molar-refractivity contribution is 0.535. The highest BCUT2D eigenvalue weighted by atomic mass is 32.2. The van der Waals surface area contributed by atoms with E-state index in [1.54, 1.807) is 6.07 Å². The number of thioether (sulfide) groups is 1. The Bertz CT molecular complexity index is 415. The second-order valence-electron chi connectivity index (χ2n) is 4.23. The Balaban J connectivity index is 2.43. The fourth-order valence-electron chi connectivity index (χ4n) is 1.62. The van der Waals surface area contributed by atoms with Crippen molar-refractivity contribution in [2.75, 3.05) is 11.5 Å². The van der Waals surface area contributed by atoms with Gasteiger partial charge in [-0.2, -0.15) is 17.0 Å². The summed E-state index contributed by atoms with van der Waals surface area (Å²) in [6, 6.07) is 6.82. The topological polar surface area (TPSA) is 35.8 Å². The smallest absolute Gasteiger partial charge is 0.124 e. The molecule has 1 atom stereocenters. The summed E-state index contributed by atoms with van der Waals surface area (Å²) in [6.45, 7) is 4.88. The zero-order valence-electron chi connectivity index (χ0n) is 10.9. The molecule has 1 unspecified atom stereocenters. The molecule has 0 aliphatic heterocycles. The van der Waals surface area contributed by atoms with Crippen molar-refractivity contribution in [3.63, 3.8) is 0 Å². The highest BCUT2D eigenvalue weighted by Crippen LogP contribution is 2.09. The van der Waals surface area contributed by atoms with Crippen molar-refractivity contribution < 1.29 is 4.39 Å². The highest BCUT2D eigenvalue weighted by molar-refractivity contribution is 7.99. The second-order valence-corrected chi connectivity index (χ2v) is 5.62. The van der Waals surface area contributed by atoms with Crippen molar-refractivity contribution in [1.29, 1.82) is 5.26 Å². The Hall–Kier alpha value is -1.05. The van der Waals surface area contributed by atoms with Crippen LogP contribution in [-0.4, -0.2) is 17.5 Å². The van der Waals surface area contributed by atoms with E-state index in [9.17, 15) is 4.39 Å². The molecule has 0 aliphatic carbocycles. The summed E-state index contributed by atoms with van der Waals surface area (Å²) in [5.74, 6) is 1.93. The van der Waals surface area contributed by atoms with Crippen LogP contribution in [0.2, 0.25) is 0 Å². The van der Waals surface area contributed by atoms with E-state index in [4.69, 9.17) is 5.26 Å². The van der Waals surface area contributed by atoms with E-state index < -0.39 is 0 Å². The molecule has 0 saturated carbocycles. The van der Waals surface area contributed by atoms with Crippen LogP contribution in [0.25, 0.3) is 0 Å². The van der Waals surface area contributed by atoms with Crippen LogP contribution in [0.1, 0.15) is 31.4 Å². The number of nitrogens with one attached hydrogen (secondary N) is 1. The molecular formula is C14H19FN2S. The summed E-state index contributed by atoms with van der Waals surface area (Å²) >= 11 is 1.92. The molecule has 0 radical (unpaired) electrons. The van der Waals surface area contributed by atoms with Crippen molar-refractivity contribution in [3.05, 3.63) is 35.1 Å². The van der Waals surface area contributed by atoms with Crippen molar-refractivity contribution >= 4 is 11.8 Å². The van der Waals surface area contributed by atoms with Crippen molar-refractivity contribution in [1.82, 2.24) is 5.32 Å². The molecule has 1 aromatic carbocycles. The van der Waals surface area contributed by atoms with Crippen LogP contribution >= 0.6 is 11.8 Å². The van der Waals surface area contributed by atoms with E-state index in [0.717, 1.165) is 23.5 Å². The number of halogens is 1. The molecule has 0 fully saturated rings. The van der Waals surface area contributed by atoms with Gasteiger partial charge >= 0.3 is 0 Å². The molecule has 0 saturated heterocycles. The van der Waals surface area contributed by atoms with E-state index in [1.165, 1.54) is 12.1 Å². The minimum atomic E-state index is -0.347. The van der Waals surface area contributed by atoms with Gasteiger partial charge in [0, 0.05) is 12.6 Å². The highest BCUT2D eigenvalue weighted by Gasteiger charge is 2.04. The molecule has 0 spiro atoms. The SMILES string of the molecule is CCSCCC(C)NCc1cc(F)cc(C#N)c1. The first-order chi connectivity index (χ1) is 8.65. The van der Waals surface area contributed by atoms with Crippen LogP contribution in [0.5, 0.6) is 0 Å². The van der Waals surface area contributed by atoms with Crippen LogP contribution in [0.3, 0.4) is 0 Å². The van der Waals surface area contributed by atoms with Crippen LogP contribution in [0.4, 0.5) is 4.39 Å². The molecule has 0 aliphatic rings. The molecule has 0 amide bonds. The standard InChI is InChI=1S/C14H19FN2S/c1-3-18-5-4-11(2)17-10-13-6-12(9-16)7-14(15)8-13/h6-8,11,17H,3-5,10H2,1-2H3. The molecule has 4 heteroatoms. The Kier molecular flexibility index (Phi) is 6.77. The number of nitriles is 1. The van der Waals surface area contributed by atoms with Gasteiger partial charge in [0.15, 0.2) is 0 Å². The number of hydrogen-bond acceptors (Lipinski definition) is 3. The zero-order chi connectivity index (χ0) is 13.4. The maximum atomic E-state index is 13.2. The summed E-state index contributed by atoms with van der Waals surface area (Å²) in [4.78, 5) is 0. The maximum Gasteiger partial charge on any atom is 0.124 e. The van der Waals surface area contributed by atoms with Crippen molar-refractivity contribution in [2.24, 2.45) is 0 Å². The van der Waals surface area contributed by atoms with E-state index in [0.29, 0.717) is 18.2 Å². The van der Waals surface area contributed by atoms with Gasteiger partial charge in [-0.05, 0) is 48.6 Å². The molecule has 98 valence electrons. The molecule has 1 rings (SSSR count). The minimum absolute atomic E-state index is 0.347. The normalized spacial score (nSPS) is 12.1. The predicted molar refractivity (Wildman–Crippen MR) is 75.0 cm³/mol. The van der Waals surface area contributed by atoms with E-state index in [-0.39, 0.29) is 5.82 Å². The van der Waals surface area contributed by atoms with Gasteiger partial charge in [0.2, 0.25) is 0 Å². The number of nitrogens with zero attached hydrogens (tertiary/aromatic N) is 1. The largest absolute Gasteiger partial charge is 0.310 e. The third kappa shape index (κ3) is 5.52. The molecule has 0 bridgehead atoms. The molecule has 18 heavy (non-hydrogen) atoms. The lowest BCUT2D eigenvalue weighted by atomic mass is 10.1. The monoisotopic (exact) mass is 266 g/mol. The molecular weight excluding hydrogens is 247 g/mol. The Morgan fingerprint density at radius 3 is 2.89 bits per heavy atom. The first kappa shape index (κ1) is 15.0. The van der Waals surface area contributed by atoms with Gasteiger partial charge in [0.05, 0.1) is 11.6 Å². The van der Waals surface area contributed by atoms with Crippen LogP contribution in [0, 0.1) is 17.1 Å². The number of rotatable bonds is 7.